The molecular weight excluding hydrogens is 376 g/mol. The van der Waals surface area contributed by atoms with Gasteiger partial charge in [-0.25, -0.2) is 15.0 Å². The number of anilines is 2. The number of aromatic nitrogens is 6. The van der Waals surface area contributed by atoms with Gasteiger partial charge in [0.25, 0.3) is 0 Å². The van der Waals surface area contributed by atoms with Gasteiger partial charge >= 0.3 is 0 Å². The van der Waals surface area contributed by atoms with Gasteiger partial charge in [0.2, 0.25) is 5.95 Å². The molecule has 0 amide bonds. The first kappa shape index (κ1) is 18.1. The zero-order valence-corrected chi connectivity index (χ0v) is 16.8. The molecule has 0 aliphatic carbocycles. The molecule has 0 spiro atoms. The van der Waals surface area contributed by atoms with Gasteiger partial charge in [-0.3, -0.25) is 0 Å². The van der Waals surface area contributed by atoms with E-state index in [1.165, 1.54) is 0 Å². The highest BCUT2D eigenvalue weighted by atomic mass is 15.1. The minimum absolute atomic E-state index is 0.584. The second kappa shape index (κ2) is 7.47. The second-order valence-electron chi connectivity index (χ2n) is 7.32. The first-order chi connectivity index (χ1) is 14.6. The molecule has 0 unspecified atom stereocenters. The van der Waals surface area contributed by atoms with Crippen LogP contribution in [-0.4, -0.2) is 29.9 Å². The third-order valence-corrected chi connectivity index (χ3v) is 4.91. The van der Waals surface area contributed by atoms with Crippen molar-refractivity contribution in [2.75, 3.05) is 10.6 Å². The number of rotatable bonds is 6. The van der Waals surface area contributed by atoms with Crippen LogP contribution in [-0.2, 0) is 13.1 Å². The van der Waals surface area contributed by atoms with Crippen LogP contribution in [0.15, 0.2) is 48.7 Å². The van der Waals surface area contributed by atoms with Crippen molar-refractivity contribution in [2.24, 2.45) is 0 Å². The molecule has 150 valence electrons. The number of nitrogens with zero attached hydrogens (tertiary/aromatic N) is 4. The second-order valence-corrected chi connectivity index (χ2v) is 7.32. The number of nitrogens with one attached hydrogen (secondary N) is 4. The van der Waals surface area contributed by atoms with Crippen LogP contribution in [0, 0.1) is 13.8 Å². The average Bonchev–Trinajstić information content (AvgIpc) is 3.30. The molecule has 5 rings (SSSR count). The highest BCUT2D eigenvalue weighted by molar-refractivity contribution is 5.76. The van der Waals surface area contributed by atoms with E-state index in [1.807, 2.05) is 32.0 Å². The third kappa shape index (κ3) is 3.80. The van der Waals surface area contributed by atoms with E-state index < -0.39 is 0 Å². The summed E-state index contributed by atoms with van der Waals surface area (Å²) < 4.78 is 0. The normalized spacial score (nSPS) is 11.3. The SMILES string of the molecule is Cc1nc2ccc(CNc3ccnc(NCc4ccc5nc(C)[nH]c5c4)n3)cc2[nH]1. The summed E-state index contributed by atoms with van der Waals surface area (Å²) in [7, 11) is 0. The Morgan fingerprint density at radius 3 is 1.97 bits per heavy atom. The summed E-state index contributed by atoms with van der Waals surface area (Å²) in [5.74, 6) is 3.19. The van der Waals surface area contributed by atoms with Crippen molar-refractivity contribution < 1.29 is 0 Å². The molecule has 0 aliphatic heterocycles. The van der Waals surface area contributed by atoms with E-state index in [1.54, 1.807) is 6.20 Å². The molecule has 8 heteroatoms. The van der Waals surface area contributed by atoms with Crippen LogP contribution >= 0.6 is 0 Å². The minimum atomic E-state index is 0.584. The number of aryl methyl sites for hydroxylation is 2. The monoisotopic (exact) mass is 398 g/mol. The van der Waals surface area contributed by atoms with E-state index in [4.69, 9.17) is 0 Å². The Balaban J connectivity index is 1.23. The van der Waals surface area contributed by atoms with Crippen LogP contribution in [0.5, 0.6) is 0 Å². The Hall–Kier alpha value is -3.94. The van der Waals surface area contributed by atoms with Crippen LogP contribution in [0.25, 0.3) is 22.1 Å². The number of hydrogen-bond acceptors (Lipinski definition) is 6. The molecule has 5 aromatic rings. The maximum Gasteiger partial charge on any atom is 0.224 e. The number of benzene rings is 2. The van der Waals surface area contributed by atoms with Crippen molar-refractivity contribution in [2.45, 2.75) is 26.9 Å². The number of aromatic amines is 2. The number of imidazole rings is 2. The van der Waals surface area contributed by atoms with Gasteiger partial charge in [-0.05, 0) is 55.3 Å². The molecule has 4 N–H and O–H groups in total. The van der Waals surface area contributed by atoms with Crippen molar-refractivity contribution in [1.82, 2.24) is 29.9 Å². The predicted molar refractivity (Wildman–Crippen MR) is 118 cm³/mol. The quantitative estimate of drug-likeness (QED) is 0.343. The fourth-order valence-electron chi connectivity index (χ4n) is 3.50. The topological polar surface area (TPSA) is 107 Å². The summed E-state index contributed by atoms with van der Waals surface area (Å²) >= 11 is 0. The lowest BCUT2D eigenvalue weighted by atomic mass is 10.2. The Morgan fingerprint density at radius 2 is 1.33 bits per heavy atom. The maximum atomic E-state index is 4.56. The van der Waals surface area contributed by atoms with Crippen molar-refractivity contribution in [3.63, 3.8) is 0 Å². The fraction of sp³-hybridized carbons (Fsp3) is 0.182. The van der Waals surface area contributed by atoms with Gasteiger partial charge in [-0.15, -0.1) is 0 Å². The molecule has 0 saturated carbocycles. The molecular formula is C22H22N8. The van der Waals surface area contributed by atoms with E-state index in [0.717, 1.165) is 50.7 Å². The van der Waals surface area contributed by atoms with Gasteiger partial charge in [0.15, 0.2) is 0 Å². The average molecular weight is 398 g/mol. The summed E-state index contributed by atoms with van der Waals surface area (Å²) in [6, 6.07) is 14.2. The zero-order chi connectivity index (χ0) is 20.5. The molecule has 0 saturated heterocycles. The lowest BCUT2D eigenvalue weighted by molar-refractivity contribution is 1.04. The maximum absolute atomic E-state index is 4.56. The molecule has 2 aromatic carbocycles. The van der Waals surface area contributed by atoms with Crippen molar-refractivity contribution in [1.29, 1.82) is 0 Å². The molecule has 8 nitrogen and oxygen atoms in total. The smallest absolute Gasteiger partial charge is 0.224 e. The number of hydrogen-bond donors (Lipinski definition) is 4. The third-order valence-electron chi connectivity index (χ3n) is 4.91. The van der Waals surface area contributed by atoms with Crippen LogP contribution in [0.3, 0.4) is 0 Å². The summed E-state index contributed by atoms with van der Waals surface area (Å²) in [6.45, 7) is 5.22. The molecule has 3 heterocycles. The van der Waals surface area contributed by atoms with E-state index in [0.29, 0.717) is 19.0 Å². The van der Waals surface area contributed by atoms with Gasteiger partial charge in [-0.1, -0.05) is 12.1 Å². The van der Waals surface area contributed by atoms with Crippen LogP contribution in [0.4, 0.5) is 11.8 Å². The standard InChI is InChI=1S/C22H22N8/c1-13-26-17-5-3-15(9-19(17)28-13)11-24-21-7-8-23-22(30-21)25-12-16-4-6-18-20(10-16)29-14(2)27-18/h3-10H,11-12H2,1-2H3,(H,26,28)(H,27,29)(H2,23,24,25,30). The Bertz CT molecular complexity index is 1230. The molecule has 0 radical (unpaired) electrons. The summed E-state index contributed by atoms with van der Waals surface area (Å²) in [5.41, 5.74) is 6.32. The first-order valence-corrected chi connectivity index (χ1v) is 9.84. The Kier molecular flexibility index (Phi) is 4.51. The van der Waals surface area contributed by atoms with E-state index >= 15 is 0 Å². The van der Waals surface area contributed by atoms with Gasteiger partial charge in [0, 0.05) is 19.3 Å². The van der Waals surface area contributed by atoms with Crippen LogP contribution in [0.2, 0.25) is 0 Å². The molecule has 30 heavy (non-hydrogen) atoms. The highest BCUT2D eigenvalue weighted by Crippen LogP contribution is 2.16. The highest BCUT2D eigenvalue weighted by Gasteiger charge is 2.04. The minimum Gasteiger partial charge on any atom is -0.366 e. The summed E-state index contributed by atoms with van der Waals surface area (Å²) in [4.78, 5) is 24.3. The first-order valence-electron chi connectivity index (χ1n) is 9.84. The van der Waals surface area contributed by atoms with Gasteiger partial charge in [0.05, 0.1) is 22.1 Å². The number of fused-ring (bicyclic) bond motifs is 2. The van der Waals surface area contributed by atoms with Crippen LogP contribution < -0.4 is 10.6 Å². The lowest BCUT2D eigenvalue weighted by Crippen LogP contribution is -2.06. The summed E-state index contributed by atoms with van der Waals surface area (Å²) in [6.07, 6.45) is 1.75. The Morgan fingerprint density at radius 1 is 0.733 bits per heavy atom. The number of H-pyrrole nitrogens is 2. The Labute approximate surface area is 173 Å². The predicted octanol–water partition coefficient (Wildman–Crippen LogP) is 4.07. The van der Waals surface area contributed by atoms with E-state index in [2.05, 4.69) is 64.8 Å². The largest absolute Gasteiger partial charge is 0.366 e. The molecule has 0 bridgehead atoms. The van der Waals surface area contributed by atoms with Gasteiger partial charge in [0.1, 0.15) is 17.5 Å². The van der Waals surface area contributed by atoms with Crippen LogP contribution in [0.1, 0.15) is 22.8 Å². The van der Waals surface area contributed by atoms with Crippen molar-refractivity contribution >= 4 is 33.8 Å². The molecule has 0 atom stereocenters. The molecule has 0 fully saturated rings. The molecule has 3 aromatic heterocycles. The lowest BCUT2D eigenvalue weighted by Gasteiger charge is -2.09. The van der Waals surface area contributed by atoms with Gasteiger partial charge in [-0.2, -0.15) is 4.98 Å². The van der Waals surface area contributed by atoms with Gasteiger partial charge < -0.3 is 20.6 Å². The summed E-state index contributed by atoms with van der Waals surface area (Å²) in [5, 5.41) is 6.65. The van der Waals surface area contributed by atoms with E-state index in [-0.39, 0.29) is 0 Å². The van der Waals surface area contributed by atoms with Crippen molar-refractivity contribution in [3.05, 3.63) is 71.4 Å². The van der Waals surface area contributed by atoms with Crippen molar-refractivity contribution in [3.8, 4) is 0 Å². The van der Waals surface area contributed by atoms with E-state index in [9.17, 15) is 0 Å². The zero-order valence-electron chi connectivity index (χ0n) is 16.8. The molecule has 0 aliphatic rings. The fourth-order valence-corrected chi connectivity index (χ4v) is 3.50.